The highest BCUT2D eigenvalue weighted by Gasteiger charge is 2.24. The Morgan fingerprint density at radius 3 is 2.86 bits per heavy atom. The van der Waals surface area contributed by atoms with E-state index in [2.05, 4.69) is 10.1 Å². The smallest absolute Gasteiger partial charge is 0.343 e. The van der Waals surface area contributed by atoms with Crippen LogP contribution in [-0.4, -0.2) is 20.7 Å². The molecule has 8 nitrogen and oxygen atoms in total. The Kier molecular flexibility index (Phi) is 3.28. The summed E-state index contributed by atoms with van der Waals surface area (Å²) in [4.78, 5) is 28.4. The summed E-state index contributed by atoms with van der Waals surface area (Å²) in [6.45, 7) is 3.26. The van der Waals surface area contributed by atoms with Crippen molar-refractivity contribution in [2.75, 3.05) is 0 Å². The van der Waals surface area contributed by atoms with E-state index in [0.29, 0.717) is 11.5 Å². The lowest BCUT2D eigenvalue weighted by Crippen LogP contribution is -2.19. The molecule has 3 aromatic rings. The van der Waals surface area contributed by atoms with Gasteiger partial charge in [-0.3, -0.25) is 4.79 Å². The van der Waals surface area contributed by atoms with Crippen molar-refractivity contribution in [2.24, 2.45) is 7.05 Å². The molecule has 0 aliphatic carbocycles. The van der Waals surface area contributed by atoms with Crippen LogP contribution in [0.5, 0.6) is 0 Å². The molecule has 0 fully saturated rings. The van der Waals surface area contributed by atoms with Gasteiger partial charge in [-0.2, -0.15) is 0 Å². The fourth-order valence-corrected chi connectivity index (χ4v) is 2.13. The molecule has 0 saturated carbocycles. The van der Waals surface area contributed by atoms with Crippen LogP contribution in [0.1, 0.15) is 27.6 Å². The average Bonchev–Trinajstić information content (AvgIpc) is 3.04. The number of aryl methyl sites for hydroxylation is 3. The van der Waals surface area contributed by atoms with Gasteiger partial charge in [0, 0.05) is 13.1 Å². The maximum atomic E-state index is 12.3. The van der Waals surface area contributed by atoms with Gasteiger partial charge in [0.25, 0.3) is 5.56 Å². The second-order valence-corrected chi connectivity index (χ2v) is 4.88. The zero-order valence-electron chi connectivity index (χ0n) is 12.2. The molecule has 22 heavy (non-hydrogen) atoms. The molecule has 0 aromatic carbocycles. The number of rotatable bonds is 3. The highest BCUT2D eigenvalue weighted by Crippen LogP contribution is 2.22. The number of aromatic nitrogens is 3. The van der Waals surface area contributed by atoms with Gasteiger partial charge in [0.05, 0.1) is 5.69 Å². The van der Waals surface area contributed by atoms with Gasteiger partial charge in [-0.05, 0) is 13.8 Å². The topological polar surface area (TPSA) is 100 Å². The average molecular weight is 303 g/mol. The molecule has 8 heteroatoms. The standard InChI is InChI=1S/C14H13N3O5/c1-7-4-9(22-16-7)5-20-14(19)10-8(2)21-12-11(10)13(18)17(3)6-15-12/h4,6H,5H2,1-3H3. The summed E-state index contributed by atoms with van der Waals surface area (Å²) in [5, 5.41) is 3.81. The zero-order chi connectivity index (χ0) is 15.9. The highest BCUT2D eigenvalue weighted by molar-refractivity contribution is 6.03. The van der Waals surface area contributed by atoms with Gasteiger partial charge in [0.15, 0.2) is 12.4 Å². The third-order valence-corrected chi connectivity index (χ3v) is 3.17. The Hall–Kier alpha value is -2.90. The van der Waals surface area contributed by atoms with Crippen molar-refractivity contribution < 1.29 is 18.5 Å². The van der Waals surface area contributed by atoms with Crippen molar-refractivity contribution in [1.29, 1.82) is 0 Å². The number of carbonyl (C=O) groups excluding carboxylic acids is 1. The number of fused-ring (bicyclic) bond motifs is 1. The number of hydrogen-bond acceptors (Lipinski definition) is 7. The Balaban J connectivity index is 1.95. The normalized spacial score (nSPS) is 11.0. The number of furan rings is 1. The van der Waals surface area contributed by atoms with E-state index in [-0.39, 0.29) is 34.6 Å². The SMILES string of the molecule is Cc1cc(COC(=O)c2c(C)oc3ncn(C)c(=O)c23)on1. The van der Waals surface area contributed by atoms with E-state index in [0.717, 1.165) is 0 Å². The molecule has 0 atom stereocenters. The first-order valence-corrected chi connectivity index (χ1v) is 6.51. The Morgan fingerprint density at radius 2 is 2.18 bits per heavy atom. The van der Waals surface area contributed by atoms with Crippen LogP contribution in [0.25, 0.3) is 11.1 Å². The van der Waals surface area contributed by atoms with Crippen LogP contribution in [-0.2, 0) is 18.4 Å². The summed E-state index contributed by atoms with van der Waals surface area (Å²) in [7, 11) is 1.55. The Labute approximate surface area is 124 Å². The van der Waals surface area contributed by atoms with E-state index >= 15 is 0 Å². The van der Waals surface area contributed by atoms with E-state index in [4.69, 9.17) is 13.7 Å². The van der Waals surface area contributed by atoms with Crippen LogP contribution < -0.4 is 5.56 Å². The monoisotopic (exact) mass is 303 g/mol. The molecule has 0 unspecified atom stereocenters. The summed E-state index contributed by atoms with van der Waals surface area (Å²) in [5.41, 5.74) is 0.515. The van der Waals surface area contributed by atoms with Gasteiger partial charge in [-0.25, -0.2) is 9.78 Å². The fraction of sp³-hybridized carbons (Fsp3) is 0.286. The zero-order valence-corrected chi connectivity index (χ0v) is 12.2. The number of hydrogen-bond donors (Lipinski definition) is 0. The van der Waals surface area contributed by atoms with Crippen molar-refractivity contribution in [3.63, 3.8) is 0 Å². The van der Waals surface area contributed by atoms with Crippen molar-refractivity contribution in [2.45, 2.75) is 20.5 Å². The van der Waals surface area contributed by atoms with E-state index < -0.39 is 5.97 Å². The molecule has 0 aliphatic rings. The first kappa shape index (κ1) is 14.1. The molecule has 3 rings (SSSR count). The van der Waals surface area contributed by atoms with Crippen LogP contribution in [0.3, 0.4) is 0 Å². The van der Waals surface area contributed by atoms with E-state index in [9.17, 15) is 9.59 Å². The van der Waals surface area contributed by atoms with Crippen LogP contribution >= 0.6 is 0 Å². The first-order valence-electron chi connectivity index (χ1n) is 6.51. The van der Waals surface area contributed by atoms with Gasteiger partial charge < -0.3 is 18.2 Å². The predicted molar refractivity (Wildman–Crippen MR) is 74.3 cm³/mol. The maximum Gasteiger partial charge on any atom is 0.343 e. The summed E-state index contributed by atoms with van der Waals surface area (Å²) >= 11 is 0. The van der Waals surface area contributed by atoms with E-state index in [1.165, 1.54) is 10.9 Å². The second kappa shape index (κ2) is 5.14. The number of nitrogens with zero attached hydrogens (tertiary/aromatic N) is 3. The molecular weight excluding hydrogens is 290 g/mol. The number of ether oxygens (including phenoxy) is 1. The minimum Gasteiger partial charge on any atom is -0.454 e. The molecule has 0 aliphatic heterocycles. The molecule has 0 N–H and O–H groups in total. The summed E-state index contributed by atoms with van der Waals surface area (Å²) < 4.78 is 16.7. The molecule has 0 spiro atoms. The maximum absolute atomic E-state index is 12.3. The minimum atomic E-state index is -0.671. The third kappa shape index (κ3) is 2.28. The molecule has 114 valence electrons. The van der Waals surface area contributed by atoms with Gasteiger partial charge in [0.2, 0.25) is 5.71 Å². The van der Waals surface area contributed by atoms with Gasteiger partial charge in [-0.1, -0.05) is 5.16 Å². The largest absolute Gasteiger partial charge is 0.454 e. The lowest BCUT2D eigenvalue weighted by molar-refractivity contribution is 0.0437. The number of carbonyl (C=O) groups is 1. The van der Waals surface area contributed by atoms with Crippen molar-refractivity contribution in [3.8, 4) is 0 Å². The molecule has 3 heterocycles. The molecule has 0 saturated heterocycles. The Morgan fingerprint density at radius 1 is 1.41 bits per heavy atom. The fourth-order valence-electron chi connectivity index (χ4n) is 2.13. The van der Waals surface area contributed by atoms with Gasteiger partial charge in [0.1, 0.15) is 23.0 Å². The van der Waals surface area contributed by atoms with E-state index in [1.54, 1.807) is 27.0 Å². The third-order valence-electron chi connectivity index (χ3n) is 3.17. The van der Waals surface area contributed by atoms with Crippen LogP contribution in [0.2, 0.25) is 0 Å². The van der Waals surface area contributed by atoms with Crippen LogP contribution in [0.4, 0.5) is 0 Å². The summed E-state index contributed by atoms with van der Waals surface area (Å²) in [6.07, 6.45) is 1.33. The van der Waals surface area contributed by atoms with Crippen molar-refractivity contribution in [1.82, 2.24) is 14.7 Å². The van der Waals surface area contributed by atoms with Gasteiger partial charge in [-0.15, -0.1) is 0 Å². The van der Waals surface area contributed by atoms with Crippen LogP contribution in [0, 0.1) is 13.8 Å². The predicted octanol–water partition coefficient (Wildman–Crippen LogP) is 1.49. The first-order chi connectivity index (χ1) is 10.5. The van der Waals surface area contributed by atoms with Gasteiger partial charge >= 0.3 is 5.97 Å². The quantitative estimate of drug-likeness (QED) is 0.675. The molecule has 3 aromatic heterocycles. The van der Waals surface area contributed by atoms with E-state index in [1.807, 2.05) is 0 Å². The second-order valence-electron chi connectivity index (χ2n) is 4.88. The summed E-state index contributed by atoms with van der Waals surface area (Å²) in [6, 6.07) is 1.66. The lowest BCUT2D eigenvalue weighted by Gasteiger charge is -2.01. The molecule has 0 amide bonds. The van der Waals surface area contributed by atoms with Crippen LogP contribution in [0.15, 0.2) is 26.1 Å². The molecule has 0 radical (unpaired) electrons. The number of esters is 1. The lowest BCUT2D eigenvalue weighted by atomic mass is 10.2. The van der Waals surface area contributed by atoms with Crippen molar-refractivity contribution in [3.05, 3.63) is 45.5 Å². The van der Waals surface area contributed by atoms with Crippen molar-refractivity contribution >= 4 is 17.1 Å². The minimum absolute atomic E-state index is 0.0770. The molecular formula is C14H13N3O5. The molecule has 0 bridgehead atoms. The Bertz CT molecular complexity index is 918. The highest BCUT2D eigenvalue weighted by atomic mass is 16.5. The summed E-state index contributed by atoms with van der Waals surface area (Å²) in [5.74, 6) is 0.0299.